The Kier molecular flexibility index (Phi) is 4.49. The molecule has 0 spiro atoms. The summed E-state index contributed by atoms with van der Waals surface area (Å²) < 4.78 is 0. The summed E-state index contributed by atoms with van der Waals surface area (Å²) in [6.07, 6.45) is 4.44. The van der Waals surface area contributed by atoms with Gasteiger partial charge in [-0.05, 0) is 31.1 Å². The lowest BCUT2D eigenvalue weighted by Gasteiger charge is -2.32. The van der Waals surface area contributed by atoms with Crippen molar-refractivity contribution >= 4 is 11.6 Å². The van der Waals surface area contributed by atoms with Crippen LogP contribution in [0.2, 0.25) is 0 Å². The minimum absolute atomic E-state index is 0.00323. The second kappa shape index (κ2) is 5.43. The number of ketones is 2. The first-order chi connectivity index (χ1) is 6.99. The third-order valence-electron chi connectivity index (χ3n) is 3.56. The van der Waals surface area contributed by atoms with Crippen LogP contribution in [0.4, 0.5) is 0 Å². The maximum absolute atomic E-state index is 11.6. The van der Waals surface area contributed by atoms with Crippen LogP contribution >= 0.6 is 0 Å². The summed E-state index contributed by atoms with van der Waals surface area (Å²) >= 11 is 0. The molecule has 0 bridgehead atoms. The van der Waals surface area contributed by atoms with E-state index in [2.05, 4.69) is 13.8 Å². The number of hydrogen-bond donors (Lipinski definition) is 0. The Hall–Kier alpha value is -0.660. The molecule has 0 heterocycles. The summed E-state index contributed by atoms with van der Waals surface area (Å²) in [6, 6.07) is 0. The van der Waals surface area contributed by atoms with Gasteiger partial charge in [0.1, 0.15) is 11.6 Å². The number of rotatable bonds is 4. The lowest BCUT2D eigenvalue weighted by Crippen LogP contribution is -2.24. The van der Waals surface area contributed by atoms with Crippen molar-refractivity contribution in [2.24, 2.45) is 17.8 Å². The molecule has 0 aromatic rings. The van der Waals surface area contributed by atoms with E-state index in [9.17, 15) is 9.59 Å². The Bertz CT molecular complexity index is 245. The number of carbonyl (C=O) groups is 2. The van der Waals surface area contributed by atoms with Gasteiger partial charge in [-0.3, -0.25) is 9.59 Å². The van der Waals surface area contributed by atoms with E-state index in [0.717, 1.165) is 12.3 Å². The molecule has 1 saturated carbocycles. The van der Waals surface area contributed by atoms with E-state index in [1.54, 1.807) is 0 Å². The van der Waals surface area contributed by atoms with E-state index in [-0.39, 0.29) is 18.0 Å². The molecular formula is C13H22O2. The Labute approximate surface area is 92.4 Å². The van der Waals surface area contributed by atoms with Gasteiger partial charge in [-0.1, -0.05) is 26.7 Å². The molecule has 1 aliphatic carbocycles. The molecule has 0 aliphatic heterocycles. The molecule has 0 saturated heterocycles. The van der Waals surface area contributed by atoms with Crippen LogP contribution in [0.25, 0.3) is 0 Å². The van der Waals surface area contributed by atoms with E-state index in [0.29, 0.717) is 18.3 Å². The molecule has 3 unspecified atom stereocenters. The fourth-order valence-electron chi connectivity index (χ4n) is 2.58. The predicted molar refractivity (Wildman–Crippen MR) is 60.6 cm³/mol. The standard InChI is InChI=1S/C13H22O2/c1-9-4-5-10(2)12(6-9)8-13(15)7-11(3)14/h9-10,12H,4-8H2,1-3H3. The molecule has 0 N–H and O–H groups in total. The Morgan fingerprint density at radius 1 is 1.20 bits per heavy atom. The third kappa shape index (κ3) is 4.15. The van der Waals surface area contributed by atoms with Crippen molar-refractivity contribution in [2.45, 2.75) is 52.9 Å². The van der Waals surface area contributed by atoms with E-state index in [4.69, 9.17) is 0 Å². The molecule has 1 fully saturated rings. The van der Waals surface area contributed by atoms with Crippen molar-refractivity contribution in [3.05, 3.63) is 0 Å². The normalized spacial score (nSPS) is 31.3. The van der Waals surface area contributed by atoms with Crippen molar-refractivity contribution < 1.29 is 9.59 Å². The van der Waals surface area contributed by atoms with Crippen LogP contribution in [0.15, 0.2) is 0 Å². The van der Waals surface area contributed by atoms with Crippen molar-refractivity contribution in [3.8, 4) is 0 Å². The number of hydrogen-bond acceptors (Lipinski definition) is 2. The first kappa shape index (κ1) is 12.4. The zero-order valence-electron chi connectivity index (χ0n) is 10.1. The fourth-order valence-corrected chi connectivity index (χ4v) is 2.58. The molecule has 15 heavy (non-hydrogen) atoms. The lowest BCUT2D eigenvalue weighted by molar-refractivity contribution is -0.126. The van der Waals surface area contributed by atoms with Crippen LogP contribution < -0.4 is 0 Å². The Morgan fingerprint density at radius 3 is 2.47 bits per heavy atom. The first-order valence-corrected chi connectivity index (χ1v) is 6.00. The summed E-state index contributed by atoms with van der Waals surface area (Å²) in [7, 11) is 0. The molecule has 0 aromatic carbocycles. The minimum Gasteiger partial charge on any atom is -0.300 e. The minimum atomic E-state index is -0.00323. The van der Waals surface area contributed by atoms with E-state index < -0.39 is 0 Å². The highest BCUT2D eigenvalue weighted by Gasteiger charge is 2.27. The van der Waals surface area contributed by atoms with Gasteiger partial charge in [0.05, 0.1) is 6.42 Å². The summed E-state index contributed by atoms with van der Waals surface area (Å²) in [6.45, 7) is 5.98. The average Bonchev–Trinajstić information content (AvgIpc) is 2.10. The van der Waals surface area contributed by atoms with Crippen molar-refractivity contribution in [1.29, 1.82) is 0 Å². The van der Waals surface area contributed by atoms with Crippen LogP contribution in [0, 0.1) is 17.8 Å². The molecule has 2 heteroatoms. The SMILES string of the molecule is CC(=O)CC(=O)CC1CC(C)CCC1C. The highest BCUT2D eigenvalue weighted by Crippen LogP contribution is 2.35. The molecule has 0 aromatic heterocycles. The van der Waals surface area contributed by atoms with Gasteiger partial charge < -0.3 is 0 Å². The van der Waals surface area contributed by atoms with Gasteiger partial charge in [-0.25, -0.2) is 0 Å². The van der Waals surface area contributed by atoms with Gasteiger partial charge in [0.15, 0.2) is 0 Å². The number of Topliss-reactive ketones (excluding diaryl/α,β-unsaturated/α-hetero) is 2. The second-order valence-electron chi connectivity index (χ2n) is 5.28. The number of carbonyl (C=O) groups excluding carboxylic acids is 2. The topological polar surface area (TPSA) is 34.1 Å². The van der Waals surface area contributed by atoms with Crippen molar-refractivity contribution in [1.82, 2.24) is 0 Å². The van der Waals surface area contributed by atoms with E-state index >= 15 is 0 Å². The quantitative estimate of drug-likeness (QED) is 0.668. The van der Waals surface area contributed by atoms with Crippen LogP contribution in [0.3, 0.4) is 0 Å². The molecule has 0 radical (unpaired) electrons. The van der Waals surface area contributed by atoms with Crippen LogP contribution in [-0.4, -0.2) is 11.6 Å². The smallest absolute Gasteiger partial charge is 0.140 e. The van der Waals surface area contributed by atoms with Crippen molar-refractivity contribution in [2.75, 3.05) is 0 Å². The summed E-state index contributed by atoms with van der Waals surface area (Å²) in [5.74, 6) is 2.04. The zero-order chi connectivity index (χ0) is 11.4. The molecule has 2 nitrogen and oxygen atoms in total. The molecular weight excluding hydrogens is 188 g/mol. The van der Waals surface area contributed by atoms with Crippen LogP contribution in [0.5, 0.6) is 0 Å². The highest BCUT2D eigenvalue weighted by molar-refractivity contribution is 5.97. The summed E-state index contributed by atoms with van der Waals surface area (Å²) in [5.41, 5.74) is 0. The largest absolute Gasteiger partial charge is 0.300 e. The molecule has 3 atom stereocenters. The van der Waals surface area contributed by atoms with Gasteiger partial charge in [0.2, 0.25) is 0 Å². The van der Waals surface area contributed by atoms with Gasteiger partial charge in [-0.2, -0.15) is 0 Å². The van der Waals surface area contributed by atoms with Gasteiger partial charge >= 0.3 is 0 Å². The Morgan fingerprint density at radius 2 is 1.87 bits per heavy atom. The van der Waals surface area contributed by atoms with E-state index in [1.807, 2.05) is 0 Å². The van der Waals surface area contributed by atoms with Crippen molar-refractivity contribution in [3.63, 3.8) is 0 Å². The zero-order valence-corrected chi connectivity index (χ0v) is 10.1. The molecule has 1 aliphatic rings. The van der Waals surface area contributed by atoms with E-state index in [1.165, 1.54) is 19.8 Å². The molecule has 0 amide bonds. The first-order valence-electron chi connectivity index (χ1n) is 6.00. The highest BCUT2D eigenvalue weighted by atomic mass is 16.1. The summed E-state index contributed by atoms with van der Waals surface area (Å²) in [4.78, 5) is 22.4. The fraction of sp³-hybridized carbons (Fsp3) is 0.846. The maximum atomic E-state index is 11.6. The lowest BCUT2D eigenvalue weighted by atomic mass is 9.73. The Balaban J connectivity index is 2.41. The van der Waals surface area contributed by atoms with Gasteiger partial charge in [0.25, 0.3) is 0 Å². The van der Waals surface area contributed by atoms with Gasteiger partial charge in [0, 0.05) is 6.42 Å². The van der Waals surface area contributed by atoms with Crippen LogP contribution in [-0.2, 0) is 9.59 Å². The monoisotopic (exact) mass is 210 g/mol. The van der Waals surface area contributed by atoms with Crippen LogP contribution in [0.1, 0.15) is 52.9 Å². The molecule has 1 rings (SSSR count). The second-order valence-corrected chi connectivity index (χ2v) is 5.28. The average molecular weight is 210 g/mol. The maximum Gasteiger partial charge on any atom is 0.140 e. The predicted octanol–water partition coefficient (Wildman–Crippen LogP) is 3.00. The van der Waals surface area contributed by atoms with Gasteiger partial charge in [-0.15, -0.1) is 0 Å². The molecule has 86 valence electrons. The third-order valence-corrected chi connectivity index (χ3v) is 3.56. The summed E-state index contributed by atoms with van der Waals surface area (Å²) in [5, 5.41) is 0.